The smallest absolute Gasteiger partial charge is 0.0675 e. The fourth-order valence-electron chi connectivity index (χ4n) is 3.71. The summed E-state index contributed by atoms with van der Waals surface area (Å²) in [5.41, 5.74) is 6.82. The van der Waals surface area contributed by atoms with Crippen molar-refractivity contribution in [2.45, 2.75) is 58.2 Å². The molecule has 0 aromatic carbocycles. The molecule has 0 radical (unpaired) electrons. The lowest BCUT2D eigenvalue weighted by molar-refractivity contribution is -0.102. The summed E-state index contributed by atoms with van der Waals surface area (Å²) in [7, 11) is 0. The number of nitrogens with two attached hydrogens (primary N) is 1. The third kappa shape index (κ3) is 3.29. The summed E-state index contributed by atoms with van der Waals surface area (Å²) in [5.74, 6) is 2.43. The van der Waals surface area contributed by atoms with Crippen LogP contribution >= 0.6 is 11.8 Å². The Morgan fingerprint density at radius 1 is 1.37 bits per heavy atom. The number of thioether (sulfide) groups is 1. The second-order valence-electron chi connectivity index (χ2n) is 7.12. The monoisotopic (exact) mass is 286 g/mol. The summed E-state index contributed by atoms with van der Waals surface area (Å²) in [6.45, 7) is 11.9. The van der Waals surface area contributed by atoms with Crippen molar-refractivity contribution >= 4 is 11.8 Å². The van der Waals surface area contributed by atoms with Crippen molar-refractivity contribution in [3.8, 4) is 0 Å². The van der Waals surface area contributed by atoms with Crippen LogP contribution in [0.15, 0.2) is 0 Å². The topological polar surface area (TPSA) is 38.5 Å². The van der Waals surface area contributed by atoms with E-state index in [2.05, 4.69) is 44.4 Å². The Morgan fingerprint density at radius 3 is 2.68 bits per heavy atom. The van der Waals surface area contributed by atoms with Gasteiger partial charge in [-0.2, -0.15) is 11.8 Å². The molecule has 0 aromatic rings. The predicted molar refractivity (Wildman–Crippen MR) is 83.7 cm³/mol. The molecule has 3 atom stereocenters. The molecule has 2 rings (SSSR count). The highest BCUT2D eigenvalue weighted by atomic mass is 32.2. The summed E-state index contributed by atoms with van der Waals surface area (Å²) in [6, 6.07) is 0.536. The van der Waals surface area contributed by atoms with Gasteiger partial charge in [0.05, 0.1) is 12.7 Å². The van der Waals surface area contributed by atoms with Gasteiger partial charge in [0, 0.05) is 30.4 Å². The lowest BCUT2D eigenvalue weighted by atomic mass is 9.77. The maximum Gasteiger partial charge on any atom is 0.0675 e. The van der Waals surface area contributed by atoms with E-state index in [1.807, 2.05) is 0 Å². The second kappa shape index (κ2) is 5.92. The van der Waals surface area contributed by atoms with Gasteiger partial charge in [-0.15, -0.1) is 0 Å². The van der Waals surface area contributed by atoms with Crippen LogP contribution in [-0.4, -0.2) is 53.8 Å². The van der Waals surface area contributed by atoms with Gasteiger partial charge in [0.2, 0.25) is 0 Å². The van der Waals surface area contributed by atoms with Gasteiger partial charge in [0.1, 0.15) is 0 Å². The molecule has 4 heteroatoms. The molecule has 3 nitrogen and oxygen atoms in total. The number of nitrogens with zero attached hydrogens (tertiary/aromatic N) is 1. The fourth-order valence-corrected chi connectivity index (χ4v) is 5.23. The highest BCUT2D eigenvalue weighted by Crippen LogP contribution is 2.43. The lowest BCUT2D eigenvalue weighted by Crippen LogP contribution is -2.66. The van der Waals surface area contributed by atoms with Crippen LogP contribution in [0.1, 0.15) is 40.5 Å². The molecule has 112 valence electrons. The van der Waals surface area contributed by atoms with Gasteiger partial charge < -0.3 is 10.5 Å². The maximum atomic E-state index is 6.26. The first-order valence-corrected chi connectivity index (χ1v) is 8.74. The Morgan fingerprint density at radius 2 is 2.11 bits per heavy atom. The standard InChI is InChI=1S/C15H30N2OS/c1-5-13-7-18-12(2)6-17(13)15(9-16)8-14(3,4)10-19-11-15/h12-13H,5-11,16H2,1-4H3. The predicted octanol–water partition coefficient (Wildman–Crippen LogP) is 2.35. The Bertz CT molecular complexity index is 311. The van der Waals surface area contributed by atoms with Crippen molar-refractivity contribution < 1.29 is 4.74 Å². The van der Waals surface area contributed by atoms with Crippen LogP contribution in [0.25, 0.3) is 0 Å². The molecule has 2 aliphatic rings. The van der Waals surface area contributed by atoms with Crippen LogP contribution in [0.3, 0.4) is 0 Å². The Balaban J connectivity index is 2.22. The van der Waals surface area contributed by atoms with E-state index in [9.17, 15) is 0 Å². The molecular weight excluding hydrogens is 256 g/mol. The molecule has 3 unspecified atom stereocenters. The largest absolute Gasteiger partial charge is 0.376 e. The van der Waals surface area contributed by atoms with E-state index in [0.29, 0.717) is 17.6 Å². The van der Waals surface area contributed by atoms with Crippen LogP contribution in [0, 0.1) is 5.41 Å². The summed E-state index contributed by atoms with van der Waals surface area (Å²) < 4.78 is 5.85. The number of hydrogen-bond acceptors (Lipinski definition) is 4. The van der Waals surface area contributed by atoms with E-state index in [1.165, 1.54) is 17.9 Å². The van der Waals surface area contributed by atoms with E-state index < -0.39 is 0 Å². The van der Waals surface area contributed by atoms with Crippen molar-refractivity contribution in [1.29, 1.82) is 0 Å². The normalized spacial score (nSPS) is 40.3. The molecule has 0 aliphatic carbocycles. The summed E-state index contributed by atoms with van der Waals surface area (Å²) in [6.07, 6.45) is 2.70. The molecule has 2 fully saturated rings. The number of ether oxygens (including phenoxy) is 1. The third-order valence-electron chi connectivity index (χ3n) is 4.60. The molecule has 0 saturated carbocycles. The van der Waals surface area contributed by atoms with Crippen molar-refractivity contribution in [3.05, 3.63) is 0 Å². The number of rotatable bonds is 3. The maximum absolute atomic E-state index is 6.26. The average Bonchev–Trinajstić information content (AvgIpc) is 2.37. The van der Waals surface area contributed by atoms with Crippen LogP contribution in [0.2, 0.25) is 0 Å². The number of morpholine rings is 1. The van der Waals surface area contributed by atoms with Gasteiger partial charge in [0.15, 0.2) is 0 Å². The molecule has 2 saturated heterocycles. The average molecular weight is 286 g/mol. The minimum absolute atomic E-state index is 0.172. The van der Waals surface area contributed by atoms with E-state index in [0.717, 1.165) is 26.1 Å². The molecule has 0 aromatic heterocycles. The zero-order chi connectivity index (χ0) is 14.1. The van der Waals surface area contributed by atoms with Crippen molar-refractivity contribution in [2.75, 3.05) is 31.2 Å². The zero-order valence-electron chi connectivity index (χ0n) is 12.9. The van der Waals surface area contributed by atoms with E-state index in [-0.39, 0.29) is 5.54 Å². The molecule has 0 spiro atoms. The van der Waals surface area contributed by atoms with Crippen LogP contribution in [-0.2, 0) is 4.74 Å². The van der Waals surface area contributed by atoms with Crippen molar-refractivity contribution in [3.63, 3.8) is 0 Å². The van der Waals surface area contributed by atoms with Gasteiger partial charge in [-0.05, 0) is 30.9 Å². The first-order chi connectivity index (χ1) is 8.92. The molecule has 19 heavy (non-hydrogen) atoms. The lowest BCUT2D eigenvalue weighted by Gasteiger charge is -2.55. The highest BCUT2D eigenvalue weighted by molar-refractivity contribution is 7.99. The summed E-state index contributed by atoms with van der Waals surface area (Å²) >= 11 is 2.08. The van der Waals surface area contributed by atoms with Crippen LogP contribution in [0.5, 0.6) is 0 Å². The Labute approximate surface area is 122 Å². The quantitative estimate of drug-likeness (QED) is 0.864. The first kappa shape index (κ1) is 15.6. The number of hydrogen-bond donors (Lipinski definition) is 1. The van der Waals surface area contributed by atoms with Gasteiger partial charge in [0.25, 0.3) is 0 Å². The molecule has 2 N–H and O–H groups in total. The zero-order valence-corrected chi connectivity index (χ0v) is 13.8. The van der Waals surface area contributed by atoms with Gasteiger partial charge >= 0.3 is 0 Å². The summed E-state index contributed by atoms with van der Waals surface area (Å²) in [5, 5.41) is 0. The van der Waals surface area contributed by atoms with Gasteiger partial charge in [-0.3, -0.25) is 4.90 Å². The first-order valence-electron chi connectivity index (χ1n) is 7.58. The molecular formula is C15H30N2OS. The Kier molecular flexibility index (Phi) is 4.87. The SMILES string of the molecule is CCC1COC(C)CN1C1(CN)CSCC(C)(C)C1. The van der Waals surface area contributed by atoms with Crippen LogP contribution in [0.4, 0.5) is 0 Å². The minimum atomic E-state index is 0.172. The van der Waals surface area contributed by atoms with E-state index in [4.69, 9.17) is 10.5 Å². The second-order valence-corrected chi connectivity index (χ2v) is 8.11. The van der Waals surface area contributed by atoms with E-state index in [1.54, 1.807) is 0 Å². The highest BCUT2D eigenvalue weighted by Gasteiger charge is 2.47. The van der Waals surface area contributed by atoms with Gasteiger partial charge in [-0.1, -0.05) is 20.8 Å². The summed E-state index contributed by atoms with van der Waals surface area (Å²) in [4.78, 5) is 2.69. The molecule has 2 aliphatic heterocycles. The minimum Gasteiger partial charge on any atom is -0.376 e. The third-order valence-corrected chi connectivity index (χ3v) is 6.33. The van der Waals surface area contributed by atoms with Crippen LogP contribution < -0.4 is 5.73 Å². The van der Waals surface area contributed by atoms with Crippen molar-refractivity contribution in [1.82, 2.24) is 4.90 Å². The molecule has 0 amide bonds. The fraction of sp³-hybridized carbons (Fsp3) is 1.00. The van der Waals surface area contributed by atoms with Crippen molar-refractivity contribution in [2.24, 2.45) is 11.1 Å². The van der Waals surface area contributed by atoms with E-state index >= 15 is 0 Å². The molecule has 0 bridgehead atoms. The molecule has 2 heterocycles. The Hall–Kier alpha value is 0.230. The van der Waals surface area contributed by atoms with Gasteiger partial charge in [-0.25, -0.2) is 0 Å².